The number of alkyl halides is 3. The van der Waals surface area contributed by atoms with Crippen molar-refractivity contribution in [1.29, 1.82) is 0 Å². The summed E-state index contributed by atoms with van der Waals surface area (Å²) in [5.41, 5.74) is 1.97. The minimum atomic E-state index is -4.67. The minimum absolute atomic E-state index is 0.115. The second-order valence-corrected chi connectivity index (χ2v) is 6.86. The van der Waals surface area contributed by atoms with E-state index in [2.05, 4.69) is 29.8 Å². The number of nitrogens with one attached hydrogen (secondary N) is 1. The summed E-state index contributed by atoms with van der Waals surface area (Å²) in [5, 5.41) is 12.0. The molecular weight excluding hydrogens is 383 g/mol. The first-order chi connectivity index (χ1) is 12.7. The average Bonchev–Trinajstić information content (AvgIpc) is 3.22. The highest BCUT2D eigenvalue weighted by Crippen LogP contribution is 2.32. The molecule has 0 spiro atoms. The lowest BCUT2D eigenvalue weighted by Gasteiger charge is -2.13. The summed E-state index contributed by atoms with van der Waals surface area (Å²) >= 11 is 1.48. The van der Waals surface area contributed by atoms with Gasteiger partial charge in [0.2, 0.25) is 5.82 Å². The molecule has 2 aromatic heterocycles. The zero-order valence-electron chi connectivity index (χ0n) is 14.7. The van der Waals surface area contributed by atoms with E-state index in [0.29, 0.717) is 23.7 Å². The van der Waals surface area contributed by atoms with Crippen LogP contribution in [0.3, 0.4) is 0 Å². The lowest BCUT2D eigenvalue weighted by atomic mass is 10.1. The van der Waals surface area contributed by atoms with Crippen LogP contribution in [0.5, 0.6) is 5.75 Å². The molecular formula is C16H16F3N5O2S. The number of rotatable bonds is 6. The van der Waals surface area contributed by atoms with Crippen molar-refractivity contribution in [3.05, 3.63) is 35.0 Å². The number of aromatic amines is 1. The molecule has 11 heteroatoms. The molecule has 0 bridgehead atoms. The maximum atomic E-state index is 12.6. The van der Waals surface area contributed by atoms with Crippen LogP contribution in [0.2, 0.25) is 0 Å². The Bertz CT molecular complexity index is 915. The van der Waals surface area contributed by atoms with Crippen molar-refractivity contribution in [2.45, 2.75) is 32.1 Å². The maximum absolute atomic E-state index is 12.6. The van der Waals surface area contributed by atoms with Gasteiger partial charge in [0.1, 0.15) is 11.6 Å². The molecule has 0 saturated carbocycles. The van der Waals surface area contributed by atoms with Crippen LogP contribution in [0, 0.1) is 20.8 Å². The molecule has 1 aromatic carbocycles. The Morgan fingerprint density at radius 3 is 2.41 bits per heavy atom. The average molecular weight is 399 g/mol. The Balaban J connectivity index is 1.66. The number of halogens is 3. The molecule has 0 aliphatic carbocycles. The molecule has 0 aliphatic heterocycles. The van der Waals surface area contributed by atoms with Crippen molar-refractivity contribution in [3.8, 4) is 17.1 Å². The lowest BCUT2D eigenvalue weighted by molar-refractivity contribution is -0.159. The molecule has 3 aromatic rings. The molecule has 0 aliphatic rings. The smallest absolute Gasteiger partial charge is 0.471 e. The number of ether oxygens (including phenoxy) is 1. The zero-order chi connectivity index (χ0) is 19.6. The standard InChI is InChI=1S/C16H16F3N5O2S/c1-8-6-11(13-21-14(26-24-13)16(17,18)19)7-9(2)12(8)25-4-5-27-15-20-10(3)22-23-15/h6-7H,4-5H2,1-3H3,(H,20,22,23). The lowest BCUT2D eigenvalue weighted by Crippen LogP contribution is -2.05. The van der Waals surface area contributed by atoms with E-state index in [9.17, 15) is 13.2 Å². The van der Waals surface area contributed by atoms with Gasteiger partial charge in [0, 0.05) is 11.3 Å². The Labute approximate surface area is 156 Å². The van der Waals surface area contributed by atoms with Crippen molar-refractivity contribution in [3.63, 3.8) is 0 Å². The Morgan fingerprint density at radius 2 is 1.85 bits per heavy atom. The van der Waals surface area contributed by atoms with E-state index in [1.54, 1.807) is 12.1 Å². The van der Waals surface area contributed by atoms with Gasteiger partial charge in [0.15, 0.2) is 5.16 Å². The molecule has 3 rings (SSSR count). The minimum Gasteiger partial charge on any atom is -0.492 e. The summed E-state index contributed by atoms with van der Waals surface area (Å²) in [5.74, 6) is 0.599. The van der Waals surface area contributed by atoms with Crippen LogP contribution in [-0.2, 0) is 6.18 Å². The number of hydrogen-bond acceptors (Lipinski definition) is 7. The largest absolute Gasteiger partial charge is 0.492 e. The molecule has 0 radical (unpaired) electrons. The fourth-order valence-electron chi connectivity index (χ4n) is 2.44. The molecule has 0 saturated heterocycles. The van der Waals surface area contributed by atoms with E-state index >= 15 is 0 Å². The number of aryl methyl sites for hydroxylation is 3. The first kappa shape index (κ1) is 19.2. The molecule has 144 valence electrons. The van der Waals surface area contributed by atoms with E-state index in [1.807, 2.05) is 20.8 Å². The van der Waals surface area contributed by atoms with Crippen LogP contribution in [-0.4, -0.2) is 37.7 Å². The summed E-state index contributed by atoms with van der Waals surface area (Å²) in [6.07, 6.45) is -4.67. The predicted octanol–water partition coefficient (Wildman–Crippen LogP) is 3.97. The number of H-pyrrole nitrogens is 1. The summed E-state index contributed by atoms with van der Waals surface area (Å²) in [7, 11) is 0. The van der Waals surface area contributed by atoms with Crippen LogP contribution >= 0.6 is 11.8 Å². The van der Waals surface area contributed by atoms with Gasteiger partial charge in [-0.25, -0.2) is 0 Å². The van der Waals surface area contributed by atoms with Crippen LogP contribution in [0.15, 0.2) is 21.8 Å². The maximum Gasteiger partial charge on any atom is 0.471 e. The highest BCUT2D eigenvalue weighted by molar-refractivity contribution is 7.99. The fraction of sp³-hybridized carbons (Fsp3) is 0.375. The first-order valence-electron chi connectivity index (χ1n) is 7.91. The van der Waals surface area contributed by atoms with Gasteiger partial charge in [-0.05, 0) is 44.0 Å². The van der Waals surface area contributed by atoms with Crippen LogP contribution in [0.4, 0.5) is 13.2 Å². The van der Waals surface area contributed by atoms with E-state index in [4.69, 9.17) is 4.74 Å². The summed E-state index contributed by atoms with van der Waals surface area (Å²) in [6, 6.07) is 3.33. The molecule has 1 N–H and O–H groups in total. The number of thioether (sulfide) groups is 1. The summed E-state index contributed by atoms with van der Waals surface area (Å²) in [4.78, 5) is 6.43. The van der Waals surface area contributed by atoms with Crippen molar-refractivity contribution in [1.82, 2.24) is 25.3 Å². The second kappa shape index (κ2) is 7.59. The number of nitrogens with zero attached hydrogens (tertiary/aromatic N) is 4. The number of benzene rings is 1. The third-order valence-electron chi connectivity index (χ3n) is 3.53. The van der Waals surface area contributed by atoms with Crippen molar-refractivity contribution >= 4 is 11.8 Å². The van der Waals surface area contributed by atoms with Gasteiger partial charge < -0.3 is 14.2 Å². The van der Waals surface area contributed by atoms with Crippen LogP contribution in [0.25, 0.3) is 11.4 Å². The van der Waals surface area contributed by atoms with E-state index in [0.717, 1.165) is 22.1 Å². The zero-order valence-corrected chi connectivity index (χ0v) is 15.5. The topological polar surface area (TPSA) is 89.7 Å². The highest BCUT2D eigenvalue weighted by Gasteiger charge is 2.38. The molecule has 2 heterocycles. The third kappa shape index (κ3) is 4.59. The van der Waals surface area contributed by atoms with Gasteiger partial charge in [0.05, 0.1) is 6.61 Å². The van der Waals surface area contributed by atoms with Crippen molar-refractivity contribution in [2.75, 3.05) is 12.4 Å². The van der Waals surface area contributed by atoms with Gasteiger partial charge in [-0.15, -0.1) is 10.2 Å². The Kier molecular flexibility index (Phi) is 5.40. The van der Waals surface area contributed by atoms with Crippen LogP contribution < -0.4 is 4.74 Å². The Morgan fingerprint density at radius 1 is 1.15 bits per heavy atom. The van der Waals surface area contributed by atoms with Gasteiger partial charge >= 0.3 is 12.1 Å². The van der Waals surface area contributed by atoms with Gasteiger partial charge in [-0.2, -0.15) is 18.2 Å². The third-order valence-corrected chi connectivity index (χ3v) is 4.36. The molecule has 0 fully saturated rings. The summed E-state index contributed by atoms with van der Waals surface area (Å²) < 4.78 is 47.9. The molecule has 7 nitrogen and oxygen atoms in total. The Hall–Kier alpha value is -2.56. The summed E-state index contributed by atoms with van der Waals surface area (Å²) in [6.45, 7) is 5.88. The quantitative estimate of drug-likeness (QED) is 0.495. The predicted molar refractivity (Wildman–Crippen MR) is 91.5 cm³/mol. The molecule has 0 atom stereocenters. The molecule has 0 amide bonds. The van der Waals surface area contributed by atoms with Crippen molar-refractivity contribution < 1.29 is 22.4 Å². The fourth-order valence-corrected chi connectivity index (χ4v) is 3.11. The first-order valence-corrected chi connectivity index (χ1v) is 8.90. The molecule has 0 unspecified atom stereocenters. The van der Waals surface area contributed by atoms with E-state index < -0.39 is 12.1 Å². The van der Waals surface area contributed by atoms with Gasteiger partial charge in [0.25, 0.3) is 0 Å². The SMILES string of the molecule is Cc1nnc(SCCOc2c(C)cc(-c3noc(C(F)(F)F)n3)cc2C)[nH]1. The number of aromatic nitrogens is 5. The van der Waals surface area contributed by atoms with Crippen molar-refractivity contribution in [2.24, 2.45) is 0 Å². The number of hydrogen-bond donors (Lipinski definition) is 1. The molecule has 27 heavy (non-hydrogen) atoms. The van der Waals surface area contributed by atoms with Gasteiger partial charge in [-0.1, -0.05) is 16.9 Å². The highest BCUT2D eigenvalue weighted by atomic mass is 32.2. The normalized spacial score (nSPS) is 11.8. The van der Waals surface area contributed by atoms with E-state index in [1.165, 1.54) is 11.8 Å². The second-order valence-electron chi connectivity index (χ2n) is 5.77. The van der Waals surface area contributed by atoms with Crippen LogP contribution in [0.1, 0.15) is 22.8 Å². The van der Waals surface area contributed by atoms with Gasteiger partial charge in [-0.3, -0.25) is 0 Å². The monoisotopic (exact) mass is 399 g/mol. The van der Waals surface area contributed by atoms with E-state index in [-0.39, 0.29) is 5.82 Å².